The lowest BCUT2D eigenvalue weighted by Gasteiger charge is -2.13. The second-order valence-corrected chi connectivity index (χ2v) is 5.00. The van der Waals surface area contributed by atoms with E-state index in [2.05, 4.69) is 5.32 Å². The van der Waals surface area contributed by atoms with Gasteiger partial charge < -0.3 is 15.8 Å². The van der Waals surface area contributed by atoms with Gasteiger partial charge in [0, 0.05) is 0 Å². The summed E-state index contributed by atoms with van der Waals surface area (Å²) in [4.78, 5) is 12.4. The Morgan fingerprint density at radius 3 is 2.76 bits per heavy atom. The molecule has 0 spiro atoms. The summed E-state index contributed by atoms with van der Waals surface area (Å²) in [5.74, 6) is 0.0808. The molecular formula is C16H17ClN2O2. The molecule has 0 unspecified atom stereocenters. The highest BCUT2D eigenvalue weighted by Crippen LogP contribution is 2.29. The molecule has 0 saturated heterocycles. The normalized spacial score (nSPS) is 10.2. The van der Waals surface area contributed by atoms with Crippen LogP contribution in [0, 0.1) is 6.92 Å². The zero-order chi connectivity index (χ0) is 15.4. The molecule has 0 aromatic heterocycles. The first-order valence-corrected chi connectivity index (χ1v) is 6.99. The largest absolute Gasteiger partial charge is 0.491 e. The van der Waals surface area contributed by atoms with Crippen LogP contribution in [0.2, 0.25) is 5.02 Å². The Labute approximate surface area is 128 Å². The number of carbonyl (C=O) groups excluding carboxylic acids is 1. The van der Waals surface area contributed by atoms with Crippen molar-refractivity contribution in [3.8, 4) is 5.75 Å². The molecule has 5 heteroatoms. The summed E-state index contributed by atoms with van der Waals surface area (Å²) in [6.07, 6.45) is 0. The topological polar surface area (TPSA) is 64.3 Å². The number of ether oxygens (including phenoxy) is 1. The highest BCUT2D eigenvalue weighted by molar-refractivity contribution is 6.34. The van der Waals surface area contributed by atoms with Crippen LogP contribution in [0.25, 0.3) is 0 Å². The third-order valence-electron chi connectivity index (χ3n) is 2.95. The van der Waals surface area contributed by atoms with Crippen molar-refractivity contribution >= 4 is 28.9 Å². The highest BCUT2D eigenvalue weighted by atomic mass is 35.5. The Bertz CT molecular complexity index is 671. The number of aryl methyl sites for hydroxylation is 1. The summed E-state index contributed by atoms with van der Waals surface area (Å²) in [5, 5.41) is 3.26. The van der Waals surface area contributed by atoms with E-state index in [1.807, 2.05) is 19.9 Å². The number of nitrogens with one attached hydrogen (secondary N) is 1. The van der Waals surface area contributed by atoms with Crippen molar-refractivity contribution in [3.63, 3.8) is 0 Å². The molecule has 1 amide bonds. The molecule has 110 valence electrons. The number of rotatable bonds is 4. The molecular weight excluding hydrogens is 288 g/mol. The van der Waals surface area contributed by atoms with Crippen LogP contribution in [0.5, 0.6) is 5.75 Å². The third-order valence-corrected chi connectivity index (χ3v) is 3.26. The van der Waals surface area contributed by atoms with Crippen LogP contribution in [-0.2, 0) is 0 Å². The van der Waals surface area contributed by atoms with E-state index in [4.69, 9.17) is 22.1 Å². The standard InChI is InChI=1S/C16H17ClN2O2/c1-3-21-15-11(5-4-6-13(15)18)16(20)19-14-8-7-10(2)9-12(14)17/h4-9H,3,18H2,1-2H3,(H,19,20). The van der Waals surface area contributed by atoms with Gasteiger partial charge in [-0.2, -0.15) is 0 Å². The zero-order valence-electron chi connectivity index (χ0n) is 11.9. The average molecular weight is 305 g/mol. The molecule has 0 aliphatic heterocycles. The SMILES string of the molecule is CCOc1c(N)cccc1C(=O)Nc1ccc(C)cc1Cl. The molecule has 0 bridgehead atoms. The van der Waals surface area contributed by atoms with Gasteiger partial charge in [0.2, 0.25) is 0 Å². The summed E-state index contributed by atoms with van der Waals surface area (Å²) < 4.78 is 5.46. The van der Waals surface area contributed by atoms with E-state index in [0.29, 0.717) is 34.3 Å². The van der Waals surface area contributed by atoms with Crippen LogP contribution in [-0.4, -0.2) is 12.5 Å². The molecule has 2 rings (SSSR count). The highest BCUT2D eigenvalue weighted by Gasteiger charge is 2.16. The van der Waals surface area contributed by atoms with Gasteiger partial charge in [0.25, 0.3) is 5.91 Å². The first-order chi connectivity index (χ1) is 10.0. The molecule has 0 fully saturated rings. The van der Waals surface area contributed by atoms with Gasteiger partial charge in [-0.1, -0.05) is 23.7 Å². The monoisotopic (exact) mass is 304 g/mol. The Balaban J connectivity index is 2.30. The van der Waals surface area contributed by atoms with E-state index in [1.165, 1.54) is 0 Å². The fraction of sp³-hybridized carbons (Fsp3) is 0.188. The van der Waals surface area contributed by atoms with Gasteiger partial charge in [-0.25, -0.2) is 0 Å². The predicted molar refractivity (Wildman–Crippen MR) is 86.2 cm³/mol. The number of hydrogen-bond acceptors (Lipinski definition) is 3. The van der Waals surface area contributed by atoms with Crippen molar-refractivity contribution in [1.29, 1.82) is 0 Å². The minimum absolute atomic E-state index is 0.309. The maximum atomic E-state index is 12.4. The molecule has 2 aromatic rings. The molecule has 0 heterocycles. The quantitative estimate of drug-likeness (QED) is 0.842. The molecule has 21 heavy (non-hydrogen) atoms. The number of nitrogens with two attached hydrogens (primary N) is 1. The summed E-state index contributed by atoms with van der Waals surface area (Å²) in [6, 6.07) is 10.5. The number of para-hydroxylation sites is 1. The van der Waals surface area contributed by atoms with Crippen LogP contribution < -0.4 is 15.8 Å². The van der Waals surface area contributed by atoms with E-state index in [0.717, 1.165) is 5.56 Å². The van der Waals surface area contributed by atoms with Crippen molar-refractivity contribution in [2.75, 3.05) is 17.7 Å². The minimum atomic E-state index is -0.309. The first-order valence-electron chi connectivity index (χ1n) is 6.61. The number of carbonyl (C=O) groups is 1. The van der Waals surface area contributed by atoms with Gasteiger partial charge in [-0.15, -0.1) is 0 Å². The third kappa shape index (κ3) is 3.47. The van der Waals surface area contributed by atoms with E-state index in [-0.39, 0.29) is 5.91 Å². The molecule has 4 nitrogen and oxygen atoms in total. The lowest BCUT2D eigenvalue weighted by atomic mass is 10.1. The van der Waals surface area contributed by atoms with Gasteiger partial charge >= 0.3 is 0 Å². The minimum Gasteiger partial charge on any atom is -0.491 e. The first kappa shape index (κ1) is 15.2. The molecule has 3 N–H and O–H groups in total. The van der Waals surface area contributed by atoms with Gasteiger partial charge in [0.1, 0.15) is 0 Å². The smallest absolute Gasteiger partial charge is 0.259 e. The van der Waals surface area contributed by atoms with Crippen LogP contribution in [0.1, 0.15) is 22.8 Å². The number of hydrogen-bond donors (Lipinski definition) is 2. The van der Waals surface area contributed by atoms with Crippen LogP contribution in [0.4, 0.5) is 11.4 Å². The zero-order valence-corrected chi connectivity index (χ0v) is 12.7. The van der Waals surface area contributed by atoms with E-state index in [1.54, 1.807) is 30.3 Å². The van der Waals surface area contributed by atoms with E-state index in [9.17, 15) is 4.79 Å². The van der Waals surface area contributed by atoms with Gasteiger partial charge in [0.15, 0.2) is 5.75 Å². The summed E-state index contributed by atoms with van der Waals surface area (Å²) in [5.41, 5.74) is 8.25. The number of anilines is 2. The van der Waals surface area contributed by atoms with Gasteiger partial charge in [-0.3, -0.25) is 4.79 Å². The molecule has 0 radical (unpaired) electrons. The van der Waals surface area contributed by atoms with Crippen molar-refractivity contribution < 1.29 is 9.53 Å². The predicted octanol–water partition coefficient (Wildman–Crippen LogP) is 3.88. The number of nitrogen functional groups attached to an aromatic ring is 1. The Morgan fingerprint density at radius 2 is 2.10 bits per heavy atom. The van der Waals surface area contributed by atoms with Crippen LogP contribution in [0.15, 0.2) is 36.4 Å². The number of amides is 1. The van der Waals surface area contributed by atoms with Crippen LogP contribution >= 0.6 is 11.6 Å². The Kier molecular flexibility index (Phi) is 4.70. The Hall–Kier alpha value is -2.20. The summed E-state index contributed by atoms with van der Waals surface area (Å²) in [7, 11) is 0. The van der Waals surface area contributed by atoms with E-state index >= 15 is 0 Å². The van der Waals surface area contributed by atoms with Crippen molar-refractivity contribution in [3.05, 3.63) is 52.5 Å². The summed E-state index contributed by atoms with van der Waals surface area (Å²) >= 11 is 6.12. The maximum Gasteiger partial charge on any atom is 0.259 e. The summed E-state index contributed by atoms with van der Waals surface area (Å²) in [6.45, 7) is 4.20. The number of benzene rings is 2. The second kappa shape index (κ2) is 6.50. The lowest BCUT2D eigenvalue weighted by molar-refractivity contribution is 0.102. The van der Waals surface area contributed by atoms with E-state index < -0.39 is 0 Å². The van der Waals surface area contributed by atoms with Gasteiger partial charge in [0.05, 0.1) is 28.6 Å². The lowest BCUT2D eigenvalue weighted by Crippen LogP contribution is -2.15. The molecule has 0 aliphatic rings. The molecule has 2 aromatic carbocycles. The van der Waals surface area contributed by atoms with Crippen molar-refractivity contribution in [2.24, 2.45) is 0 Å². The number of halogens is 1. The second-order valence-electron chi connectivity index (χ2n) is 4.59. The van der Waals surface area contributed by atoms with Crippen molar-refractivity contribution in [1.82, 2.24) is 0 Å². The van der Waals surface area contributed by atoms with Gasteiger partial charge in [-0.05, 0) is 43.7 Å². The van der Waals surface area contributed by atoms with Crippen LogP contribution in [0.3, 0.4) is 0 Å². The average Bonchev–Trinajstić information content (AvgIpc) is 2.44. The maximum absolute atomic E-state index is 12.4. The Morgan fingerprint density at radius 1 is 1.33 bits per heavy atom. The molecule has 0 saturated carbocycles. The molecule has 0 atom stereocenters. The fourth-order valence-electron chi connectivity index (χ4n) is 1.95. The fourth-order valence-corrected chi connectivity index (χ4v) is 2.23. The van der Waals surface area contributed by atoms with Crippen molar-refractivity contribution in [2.45, 2.75) is 13.8 Å². The molecule has 0 aliphatic carbocycles.